The number of likely N-dealkylation sites (tertiary alicyclic amines) is 1. The molecular weight excluding hydrogens is 308 g/mol. The minimum absolute atomic E-state index is 0.0253. The third-order valence-corrected chi connectivity index (χ3v) is 4.22. The molecule has 2 heterocycles. The molecule has 0 saturated carbocycles. The second-order valence-corrected chi connectivity index (χ2v) is 5.73. The number of aromatic nitrogens is 2. The first-order valence-corrected chi connectivity index (χ1v) is 7.85. The molecule has 1 aliphatic rings. The average molecular weight is 328 g/mol. The van der Waals surface area contributed by atoms with E-state index in [9.17, 15) is 9.59 Å². The van der Waals surface area contributed by atoms with E-state index in [1.165, 1.54) is 18.0 Å². The van der Waals surface area contributed by atoms with Crippen molar-refractivity contribution in [2.75, 3.05) is 26.0 Å². The van der Waals surface area contributed by atoms with Crippen LogP contribution in [0, 0.1) is 0 Å². The fourth-order valence-corrected chi connectivity index (χ4v) is 3.05. The molecule has 1 fully saturated rings. The van der Waals surface area contributed by atoms with Gasteiger partial charge in [-0.2, -0.15) is 5.10 Å². The van der Waals surface area contributed by atoms with Crippen LogP contribution in [0.2, 0.25) is 0 Å². The van der Waals surface area contributed by atoms with Crippen LogP contribution in [0.25, 0.3) is 5.69 Å². The summed E-state index contributed by atoms with van der Waals surface area (Å²) in [6, 6.07) is 8.87. The second-order valence-electron chi connectivity index (χ2n) is 5.73. The van der Waals surface area contributed by atoms with Crippen molar-refractivity contribution in [2.24, 2.45) is 0 Å². The van der Waals surface area contributed by atoms with E-state index < -0.39 is 6.04 Å². The molecule has 1 atom stereocenters. The van der Waals surface area contributed by atoms with E-state index >= 15 is 0 Å². The van der Waals surface area contributed by atoms with Crippen molar-refractivity contribution in [3.05, 3.63) is 42.1 Å². The largest absolute Gasteiger partial charge is 0.383 e. The van der Waals surface area contributed by atoms with Gasteiger partial charge in [0.2, 0.25) is 5.91 Å². The van der Waals surface area contributed by atoms with Crippen molar-refractivity contribution in [3.63, 3.8) is 0 Å². The smallest absolute Gasteiger partial charge is 0.249 e. The fourth-order valence-electron chi connectivity index (χ4n) is 3.05. The number of ketones is 1. The number of ether oxygens (including phenoxy) is 1. The van der Waals surface area contributed by atoms with Gasteiger partial charge in [-0.05, 0) is 25.0 Å². The van der Waals surface area contributed by atoms with Gasteiger partial charge in [0.1, 0.15) is 12.4 Å². The predicted molar refractivity (Wildman–Crippen MR) is 88.9 cm³/mol. The molecule has 24 heavy (non-hydrogen) atoms. The van der Waals surface area contributed by atoms with Crippen LogP contribution < -0.4 is 5.73 Å². The molecule has 0 unspecified atom stereocenters. The molecule has 2 aromatic rings. The van der Waals surface area contributed by atoms with Gasteiger partial charge in [0.15, 0.2) is 5.78 Å². The molecule has 1 aliphatic heterocycles. The van der Waals surface area contributed by atoms with Crippen LogP contribution in [0.1, 0.15) is 23.2 Å². The predicted octanol–water partition coefficient (Wildman–Crippen LogP) is 1.27. The molecule has 2 N–H and O–H groups in total. The first kappa shape index (κ1) is 16.2. The number of anilines is 1. The number of carbonyl (C=O) groups excluding carboxylic acids is 2. The highest BCUT2D eigenvalue weighted by atomic mass is 16.5. The van der Waals surface area contributed by atoms with Gasteiger partial charge >= 0.3 is 0 Å². The minimum Gasteiger partial charge on any atom is -0.383 e. The first-order valence-electron chi connectivity index (χ1n) is 7.85. The number of hydrogen-bond donors (Lipinski definition) is 1. The molecule has 126 valence electrons. The lowest BCUT2D eigenvalue weighted by atomic mass is 10.0. The van der Waals surface area contributed by atoms with Crippen molar-refractivity contribution in [3.8, 4) is 5.69 Å². The lowest BCUT2D eigenvalue weighted by molar-refractivity contribution is -0.135. The summed E-state index contributed by atoms with van der Waals surface area (Å²) in [5.74, 6) is -0.0590. The number of Topliss-reactive ketones (excluding diaryl/α,β-unsaturated/α-hetero) is 1. The number of carbonyl (C=O) groups is 2. The third kappa shape index (κ3) is 2.90. The van der Waals surface area contributed by atoms with E-state index in [1.54, 1.807) is 4.90 Å². The van der Waals surface area contributed by atoms with Gasteiger partial charge in [-0.15, -0.1) is 0 Å². The lowest BCUT2D eigenvalue weighted by Gasteiger charge is -2.23. The summed E-state index contributed by atoms with van der Waals surface area (Å²) in [5, 5.41) is 4.23. The number of nitrogens with zero attached hydrogens (tertiary/aromatic N) is 3. The molecule has 0 aliphatic carbocycles. The lowest BCUT2D eigenvalue weighted by Crippen LogP contribution is -2.42. The van der Waals surface area contributed by atoms with Crippen LogP contribution in [0.5, 0.6) is 0 Å². The van der Waals surface area contributed by atoms with Crippen molar-refractivity contribution in [1.29, 1.82) is 0 Å². The molecule has 1 saturated heterocycles. The zero-order valence-electron chi connectivity index (χ0n) is 13.5. The van der Waals surface area contributed by atoms with Crippen molar-refractivity contribution in [2.45, 2.75) is 18.9 Å². The van der Waals surface area contributed by atoms with Crippen LogP contribution in [-0.2, 0) is 9.53 Å². The van der Waals surface area contributed by atoms with Crippen LogP contribution in [0.3, 0.4) is 0 Å². The second kappa shape index (κ2) is 6.84. The topological polar surface area (TPSA) is 90.5 Å². The summed E-state index contributed by atoms with van der Waals surface area (Å²) in [5.41, 5.74) is 7.27. The Bertz CT molecular complexity index is 742. The summed E-state index contributed by atoms with van der Waals surface area (Å²) in [7, 11) is 1.46. The SMILES string of the molecule is COCC(=O)N1CCC[C@@H]1C(=O)c1cnn(-c2ccccc2)c1N. The Balaban J connectivity index is 1.85. The number of rotatable bonds is 5. The van der Waals surface area contributed by atoms with E-state index in [0.29, 0.717) is 18.5 Å². The summed E-state index contributed by atoms with van der Waals surface area (Å²) < 4.78 is 6.42. The summed E-state index contributed by atoms with van der Waals surface area (Å²) in [6.07, 6.45) is 2.89. The molecule has 1 aromatic carbocycles. The van der Waals surface area contributed by atoms with Gasteiger partial charge in [-0.25, -0.2) is 4.68 Å². The maximum absolute atomic E-state index is 12.9. The highest BCUT2D eigenvalue weighted by Gasteiger charge is 2.35. The first-order chi connectivity index (χ1) is 11.6. The van der Waals surface area contributed by atoms with Crippen LogP contribution in [0.15, 0.2) is 36.5 Å². The zero-order chi connectivity index (χ0) is 17.1. The number of amides is 1. The van der Waals surface area contributed by atoms with Crippen molar-refractivity contribution in [1.82, 2.24) is 14.7 Å². The quantitative estimate of drug-likeness (QED) is 0.835. The Kier molecular flexibility index (Phi) is 4.61. The summed E-state index contributed by atoms with van der Waals surface area (Å²) in [6.45, 7) is 0.536. The van der Waals surface area contributed by atoms with E-state index in [-0.39, 0.29) is 24.1 Å². The van der Waals surface area contributed by atoms with E-state index in [1.807, 2.05) is 30.3 Å². The molecule has 3 rings (SSSR count). The Morgan fingerprint density at radius 1 is 1.33 bits per heavy atom. The van der Waals surface area contributed by atoms with E-state index in [4.69, 9.17) is 10.5 Å². The number of methoxy groups -OCH3 is 1. The Labute approximate surface area is 140 Å². The van der Waals surface area contributed by atoms with Crippen LogP contribution in [-0.4, -0.2) is 52.7 Å². The molecule has 1 aromatic heterocycles. The number of nitrogens with two attached hydrogens (primary N) is 1. The van der Waals surface area contributed by atoms with Gasteiger partial charge in [0.05, 0.1) is 23.5 Å². The number of nitrogen functional groups attached to an aromatic ring is 1. The highest BCUT2D eigenvalue weighted by Crippen LogP contribution is 2.25. The molecule has 1 amide bonds. The number of para-hydroxylation sites is 1. The van der Waals surface area contributed by atoms with Crippen LogP contribution >= 0.6 is 0 Å². The molecule has 7 nitrogen and oxygen atoms in total. The van der Waals surface area contributed by atoms with Gasteiger partial charge < -0.3 is 15.4 Å². The van der Waals surface area contributed by atoms with Crippen molar-refractivity contribution < 1.29 is 14.3 Å². The molecule has 7 heteroatoms. The van der Waals surface area contributed by atoms with Gasteiger partial charge in [0, 0.05) is 13.7 Å². The maximum Gasteiger partial charge on any atom is 0.249 e. The Morgan fingerprint density at radius 2 is 2.08 bits per heavy atom. The highest BCUT2D eigenvalue weighted by molar-refractivity contribution is 6.05. The van der Waals surface area contributed by atoms with Gasteiger partial charge in [-0.1, -0.05) is 18.2 Å². The maximum atomic E-state index is 12.9. The van der Waals surface area contributed by atoms with Gasteiger partial charge in [-0.3, -0.25) is 9.59 Å². The normalized spacial score (nSPS) is 17.2. The molecule has 0 bridgehead atoms. The number of hydrogen-bond acceptors (Lipinski definition) is 5. The van der Waals surface area contributed by atoms with Crippen LogP contribution in [0.4, 0.5) is 5.82 Å². The molecule has 0 radical (unpaired) electrons. The molecule has 0 spiro atoms. The standard InChI is InChI=1S/C17H20N4O3/c1-24-11-15(22)20-9-5-8-14(20)16(23)13-10-19-21(17(13)18)12-6-3-2-4-7-12/h2-4,6-7,10,14H,5,8-9,11,18H2,1H3/t14-/m1/s1. The zero-order valence-corrected chi connectivity index (χ0v) is 13.5. The Morgan fingerprint density at radius 3 is 2.79 bits per heavy atom. The van der Waals surface area contributed by atoms with Gasteiger partial charge in [0.25, 0.3) is 0 Å². The average Bonchev–Trinajstić information content (AvgIpc) is 3.22. The van der Waals surface area contributed by atoms with E-state index in [2.05, 4.69) is 5.10 Å². The Hall–Kier alpha value is -2.67. The minimum atomic E-state index is -0.497. The molecular formula is C17H20N4O3. The summed E-state index contributed by atoms with van der Waals surface area (Å²) >= 11 is 0. The monoisotopic (exact) mass is 328 g/mol. The number of benzene rings is 1. The summed E-state index contributed by atoms with van der Waals surface area (Å²) in [4.78, 5) is 26.5. The van der Waals surface area contributed by atoms with E-state index in [0.717, 1.165) is 12.1 Å². The van der Waals surface area contributed by atoms with Crippen molar-refractivity contribution >= 4 is 17.5 Å². The third-order valence-electron chi connectivity index (χ3n) is 4.22. The fraction of sp³-hybridized carbons (Fsp3) is 0.353.